The maximum atomic E-state index is 14.2. The normalized spacial score (nSPS) is 12.5. The van der Waals surface area contributed by atoms with Crippen molar-refractivity contribution < 1.29 is 52.5 Å². The van der Waals surface area contributed by atoms with Crippen LogP contribution in [-0.4, -0.2) is 172 Å². The van der Waals surface area contributed by atoms with E-state index in [1.807, 2.05) is 0 Å². The summed E-state index contributed by atoms with van der Waals surface area (Å²) in [5, 5.41) is 6.33. The van der Waals surface area contributed by atoms with Crippen LogP contribution in [0.4, 0.5) is 0 Å². The van der Waals surface area contributed by atoms with E-state index in [4.69, 9.17) is 18.9 Å². The number of esters is 4. The summed E-state index contributed by atoms with van der Waals surface area (Å²) in [6, 6.07) is 0. The predicted molar refractivity (Wildman–Crippen MR) is 518 cm³/mol. The minimum Gasteiger partial charge on any atom is -0.466 e. The summed E-state index contributed by atoms with van der Waals surface area (Å²) in [5.74, 6) is -0.766. The van der Waals surface area contributed by atoms with Crippen LogP contribution in [0.1, 0.15) is 517 Å². The lowest BCUT2D eigenvalue weighted by molar-refractivity contribution is -0.150. The van der Waals surface area contributed by atoms with Gasteiger partial charge in [0.25, 0.3) is 0 Å². The molecule has 17 heteroatoms. The van der Waals surface area contributed by atoms with Gasteiger partial charge in [-0.2, -0.15) is 0 Å². The van der Waals surface area contributed by atoms with Gasteiger partial charge in [0, 0.05) is 39.0 Å². The quantitative estimate of drug-likeness (QED) is 0.0332. The van der Waals surface area contributed by atoms with Gasteiger partial charge < -0.3 is 44.3 Å². The van der Waals surface area contributed by atoms with Gasteiger partial charge in [0.2, 0.25) is 17.7 Å². The molecule has 1 aliphatic rings. The van der Waals surface area contributed by atoms with Crippen molar-refractivity contribution in [2.75, 3.05) is 105 Å². The zero-order valence-electron chi connectivity index (χ0n) is 82.4. The molecule has 1 heterocycles. The molecular formula is C106H204N6O11. The first-order valence-electron chi connectivity index (χ1n) is 54.0. The topological polar surface area (TPSA) is 193 Å². The van der Waals surface area contributed by atoms with Crippen LogP contribution in [-0.2, 0) is 52.5 Å². The Morgan fingerprint density at radius 3 is 0.862 bits per heavy atom. The smallest absolute Gasteiger partial charge is 0.308 e. The largest absolute Gasteiger partial charge is 0.466 e. The first-order valence-corrected chi connectivity index (χ1v) is 54.0. The number of rotatable bonds is 97. The fourth-order valence-corrected chi connectivity index (χ4v) is 17.7. The van der Waals surface area contributed by atoms with E-state index in [1.165, 1.54) is 230 Å². The second kappa shape index (κ2) is 91.5. The van der Waals surface area contributed by atoms with Crippen LogP contribution in [0.25, 0.3) is 0 Å². The van der Waals surface area contributed by atoms with E-state index in [0.29, 0.717) is 58.8 Å². The summed E-state index contributed by atoms with van der Waals surface area (Å²) in [5.41, 5.74) is 0. The molecule has 724 valence electrons. The van der Waals surface area contributed by atoms with E-state index in [2.05, 4.69) is 73.8 Å². The van der Waals surface area contributed by atoms with Crippen molar-refractivity contribution in [2.24, 2.45) is 11.8 Å². The Morgan fingerprint density at radius 2 is 0.545 bits per heavy atom. The van der Waals surface area contributed by atoms with Gasteiger partial charge in [0.15, 0.2) is 0 Å². The van der Waals surface area contributed by atoms with E-state index in [-0.39, 0.29) is 79.2 Å². The van der Waals surface area contributed by atoms with Crippen LogP contribution in [0.2, 0.25) is 0 Å². The van der Waals surface area contributed by atoms with Crippen molar-refractivity contribution in [3.05, 3.63) is 0 Å². The number of amides is 3. The predicted octanol–water partition coefficient (Wildman–Crippen LogP) is 27.4. The average Bonchev–Trinajstić information content (AvgIpc) is 1.63. The fraction of sp³-hybridized carbons (Fsp3) is 0.934. The van der Waals surface area contributed by atoms with Crippen LogP contribution < -0.4 is 10.6 Å². The molecule has 0 spiro atoms. The maximum Gasteiger partial charge on any atom is 0.308 e. The summed E-state index contributed by atoms with van der Waals surface area (Å²) >= 11 is 0. The van der Waals surface area contributed by atoms with Crippen molar-refractivity contribution in [3.63, 3.8) is 0 Å². The summed E-state index contributed by atoms with van der Waals surface area (Å²) in [4.78, 5) is 104. The molecule has 1 aliphatic heterocycles. The van der Waals surface area contributed by atoms with Gasteiger partial charge in [-0.1, -0.05) is 382 Å². The number of likely N-dealkylation sites (tertiary alicyclic amines) is 1. The first-order chi connectivity index (χ1) is 60.3. The molecule has 2 N–H and O–H groups in total. The SMILES string of the molecule is CCCCCCCCCOC(=O)CCCCCCCN(CCCCCCCOC(=O)C(CCCCCCCC)CCCCCCCC)CCNC(=O)CN(CC(=O)NCCN(CCCCCCCOC(=O)C(CCCCCCCC)CCCCCCCC)CCCCCCCC(=O)OC(CCCCCCCC)CCCCCCCC)C(=O)CN1CCCC1. The molecule has 0 aromatic heterocycles. The van der Waals surface area contributed by atoms with E-state index in [9.17, 15) is 33.6 Å². The maximum absolute atomic E-state index is 14.2. The van der Waals surface area contributed by atoms with Gasteiger partial charge in [-0.25, -0.2) is 0 Å². The molecular weight excluding hydrogens is 1530 g/mol. The number of nitrogens with one attached hydrogen (secondary N) is 2. The summed E-state index contributed by atoms with van der Waals surface area (Å²) in [6.45, 7) is 24.6. The monoisotopic (exact) mass is 1740 g/mol. The highest BCUT2D eigenvalue weighted by Crippen LogP contribution is 2.26. The highest BCUT2D eigenvalue weighted by Gasteiger charge is 2.26. The highest BCUT2D eigenvalue weighted by atomic mass is 16.5. The highest BCUT2D eigenvalue weighted by molar-refractivity contribution is 5.90. The van der Waals surface area contributed by atoms with Crippen molar-refractivity contribution in [1.29, 1.82) is 0 Å². The number of unbranched alkanes of at least 4 members (excludes halogenated alkanes) is 52. The first kappa shape index (κ1) is 117. The third kappa shape index (κ3) is 77.8. The number of nitrogens with zero attached hydrogens (tertiary/aromatic N) is 4. The van der Waals surface area contributed by atoms with Crippen LogP contribution in [0, 0.1) is 11.8 Å². The third-order valence-electron chi connectivity index (χ3n) is 25.9. The number of hydrogen-bond acceptors (Lipinski definition) is 14. The lowest BCUT2D eigenvalue weighted by Gasteiger charge is -2.26. The lowest BCUT2D eigenvalue weighted by Crippen LogP contribution is -2.50. The molecule has 17 nitrogen and oxygen atoms in total. The van der Waals surface area contributed by atoms with Crippen molar-refractivity contribution in [2.45, 2.75) is 523 Å². The zero-order chi connectivity index (χ0) is 89.3. The molecule has 3 amide bonds. The molecule has 1 rings (SSSR count). The minimum atomic E-state index is -0.264. The Hall–Kier alpha value is -3.83. The molecule has 0 bridgehead atoms. The van der Waals surface area contributed by atoms with E-state index < -0.39 is 0 Å². The van der Waals surface area contributed by atoms with Crippen molar-refractivity contribution in [3.8, 4) is 0 Å². The number of carbonyl (C=O) groups excluding carboxylic acids is 7. The third-order valence-corrected chi connectivity index (χ3v) is 25.9. The molecule has 1 fully saturated rings. The van der Waals surface area contributed by atoms with Gasteiger partial charge in [0.05, 0.1) is 38.2 Å². The van der Waals surface area contributed by atoms with E-state index in [1.54, 1.807) is 0 Å². The van der Waals surface area contributed by atoms with Crippen LogP contribution in [0.3, 0.4) is 0 Å². The molecule has 0 aliphatic carbocycles. The van der Waals surface area contributed by atoms with Gasteiger partial charge in [-0.05, 0) is 161 Å². The Labute approximate surface area is 760 Å². The fourth-order valence-electron chi connectivity index (χ4n) is 17.7. The second-order valence-electron chi connectivity index (χ2n) is 37.7. The molecule has 0 atom stereocenters. The van der Waals surface area contributed by atoms with Crippen LogP contribution >= 0.6 is 0 Å². The molecule has 0 radical (unpaired) electrons. The van der Waals surface area contributed by atoms with E-state index >= 15 is 0 Å². The van der Waals surface area contributed by atoms with Crippen molar-refractivity contribution in [1.82, 2.24) is 30.2 Å². The number of hydrogen-bond donors (Lipinski definition) is 2. The van der Waals surface area contributed by atoms with Crippen LogP contribution in [0.5, 0.6) is 0 Å². The van der Waals surface area contributed by atoms with Crippen molar-refractivity contribution >= 4 is 41.6 Å². The Kier molecular flexibility index (Phi) is 87.2. The summed E-state index contributed by atoms with van der Waals surface area (Å²) < 4.78 is 23.7. The average molecular weight is 1740 g/mol. The molecule has 0 aromatic rings. The Morgan fingerprint density at radius 1 is 0.285 bits per heavy atom. The standard InChI is InChI=1S/C106H204N6O11/c1-8-15-22-29-36-53-70-91-120-103(116)79-62-47-37-49-64-83-109(85-66-51-39-54-71-92-121-105(118)97(73-56-41-30-23-16-9-2)74-57-42-31-24-17-10-3)89-81-107-100(113)94-112(102(115)96-111-87-68-69-88-111)95-101(114)108-82-90-110(84-65-50-38-48-63-80-104(117)123-99(77-60-45-34-27-20-13-6)78-61-46-35-28-21-14-7)86-67-52-40-55-72-93-122-106(119)98(75-58-43-32-25-18-11-4)76-59-44-33-26-19-12-5/h97-99H,8-96H2,1-7H3,(H,107,113)(H,108,114). The molecule has 0 unspecified atom stereocenters. The number of carbonyl (C=O) groups is 7. The van der Waals surface area contributed by atoms with Gasteiger partial charge in [-0.15, -0.1) is 0 Å². The molecule has 123 heavy (non-hydrogen) atoms. The lowest BCUT2D eigenvalue weighted by atomic mass is 9.94. The Bertz CT molecular complexity index is 2310. The van der Waals surface area contributed by atoms with Gasteiger partial charge in [-0.3, -0.25) is 38.5 Å². The minimum absolute atomic E-state index is 0.0157. The number of ether oxygens (including phenoxy) is 4. The molecule has 0 saturated carbocycles. The van der Waals surface area contributed by atoms with E-state index in [0.717, 1.165) is 270 Å². The van der Waals surface area contributed by atoms with Gasteiger partial charge in [0.1, 0.15) is 19.2 Å². The summed E-state index contributed by atoms with van der Waals surface area (Å²) in [7, 11) is 0. The molecule has 1 saturated heterocycles. The molecule has 0 aromatic carbocycles. The summed E-state index contributed by atoms with van der Waals surface area (Å²) in [6.07, 6.45) is 81.7. The second-order valence-corrected chi connectivity index (χ2v) is 37.7. The Balaban J connectivity index is 3.10. The van der Waals surface area contributed by atoms with Gasteiger partial charge >= 0.3 is 23.9 Å². The zero-order valence-corrected chi connectivity index (χ0v) is 82.4. The van der Waals surface area contributed by atoms with Crippen LogP contribution in [0.15, 0.2) is 0 Å².